The normalized spacial score (nSPS) is 17.0. The van der Waals surface area contributed by atoms with E-state index in [4.69, 9.17) is 12.2 Å². The first-order chi connectivity index (χ1) is 11.5. The van der Waals surface area contributed by atoms with Gasteiger partial charge in [0.2, 0.25) is 0 Å². The van der Waals surface area contributed by atoms with Crippen LogP contribution in [0.15, 0.2) is 71.2 Å². The average Bonchev–Trinajstić information content (AvgIpc) is 2.82. The molecular formula is C19H15NO2S2. The van der Waals surface area contributed by atoms with Gasteiger partial charge in [0.1, 0.15) is 5.75 Å². The summed E-state index contributed by atoms with van der Waals surface area (Å²) in [4.78, 5) is 14.7. The molecule has 0 aromatic heterocycles. The van der Waals surface area contributed by atoms with Crippen molar-refractivity contribution in [1.82, 2.24) is 0 Å². The molecule has 1 N–H and O–H groups in total. The van der Waals surface area contributed by atoms with Gasteiger partial charge in [-0.05, 0) is 36.3 Å². The van der Waals surface area contributed by atoms with Crippen molar-refractivity contribution in [3.8, 4) is 5.75 Å². The first-order valence-electron chi connectivity index (χ1n) is 7.35. The van der Waals surface area contributed by atoms with Crippen LogP contribution in [0.4, 0.5) is 5.69 Å². The maximum Gasteiger partial charge on any atom is 0.270 e. The van der Waals surface area contributed by atoms with E-state index in [-0.39, 0.29) is 11.7 Å². The van der Waals surface area contributed by atoms with Crippen LogP contribution in [-0.2, 0) is 4.79 Å². The maximum atomic E-state index is 12.7. The lowest BCUT2D eigenvalue weighted by Crippen LogP contribution is -2.27. The fourth-order valence-corrected chi connectivity index (χ4v) is 3.73. The highest BCUT2D eigenvalue weighted by molar-refractivity contribution is 8.27. The fraction of sp³-hybridized carbons (Fsp3) is 0.0526. The highest BCUT2D eigenvalue weighted by Gasteiger charge is 2.33. The smallest absolute Gasteiger partial charge is 0.270 e. The number of aromatic hydroxyl groups is 1. The summed E-state index contributed by atoms with van der Waals surface area (Å²) < 4.78 is 0.462. The molecule has 2 aromatic carbocycles. The second-order valence-electron chi connectivity index (χ2n) is 5.34. The van der Waals surface area contributed by atoms with E-state index < -0.39 is 0 Å². The van der Waals surface area contributed by atoms with Gasteiger partial charge >= 0.3 is 0 Å². The molecular weight excluding hydrogens is 338 g/mol. The van der Waals surface area contributed by atoms with Gasteiger partial charge in [-0.25, -0.2) is 0 Å². The molecule has 1 heterocycles. The Morgan fingerprint density at radius 1 is 1.17 bits per heavy atom. The lowest BCUT2D eigenvalue weighted by molar-refractivity contribution is -0.113. The van der Waals surface area contributed by atoms with Crippen molar-refractivity contribution in [1.29, 1.82) is 0 Å². The molecule has 0 spiro atoms. The number of phenolic OH excluding ortho intramolecular Hbond substituents is 1. The molecule has 0 aliphatic carbocycles. The predicted octanol–water partition coefficient (Wildman–Crippen LogP) is 4.74. The molecule has 1 fully saturated rings. The topological polar surface area (TPSA) is 40.5 Å². The van der Waals surface area contributed by atoms with Crippen molar-refractivity contribution in [3.63, 3.8) is 0 Å². The molecule has 0 bridgehead atoms. The van der Waals surface area contributed by atoms with Gasteiger partial charge in [0.15, 0.2) is 4.32 Å². The Bertz CT molecular complexity index is 857. The SMILES string of the molecule is CC(=C/c1ccccc1)/C=C1/SC(=S)N(c2cccc(O)c2)C1=O. The number of phenols is 1. The number of allylic oxidation sites excluding steroid dienone is 2. The van der Waals surface area contributed by atoms with Crippen LogP contribution in [0.5, 0.6) is 5.75 Å². The minimum atomic E-state index is -0.170. The number of anilines is 1. The van der Waals surface area contributed by atoms with Gasteiger partial charge in [0.05, 0.1) is 10.6 Å². The molecule has 1 aliphatic rings. The lowest BCUT2D eigenvalue weighted by atomic mass is 10.1. The molecule has 1 amide bonds. The second-order valence-corrected chi connectivity index (χ2v) is 7.01. The Labute approximate surface area is 150 Å². The first-order valence-corrected chi connectivity index (χ1v) is 8.57. The van der Waals surface area contributed by atoms with E-state index in [9.17, 15) is 9.90 Å². The third kappa shape index (κ3) is 3.58. The summed E-state index contributed by atoms with van der Waals surface area (Å²) in [5, 5.41) is 9.61. The molecule has 5 heteroatoms. The van der Waals surface area contributed by atoms with E-state index in [2.05, 4.69) is 0 Å². The minimum absolute atomic E-state index is 0.102. The molecule has 0 atom stereocenters. The number of amides is 1. The predicted molar refractivity (Wildman–Crippen MR) is 104 cm³/mol. The quantitative estimate of drug-likeness (QED) is 0.639. The molecule has 3 rings (SSSR count). The second kappa shape index (κ2) is 7.03. The Morgan fingerprint density at radius 2 is 1.92 bits per heavy atom. The summed E-state index contributed by atoms with van der Waals surface area (Å²) >= 11 is 6.60. The van der Waals surface area contributed by atoms with Crippen molar-refractivity contribution in [2.75, 3.05) is 4.90 Å². The monoisotopic (exact) mass is 353 g/mol. The van der Waals surface area contributed by atoms with Crippen LogP contribution in [-0.4, -0.2) is 15.3 Å². The molecule has 0 saturated carbocycles. The number of thiocarbonyl (C=S) groups is 1. The number of hydrogen-bond donors (Lipinski definition) is 1. The summed E-state index contributed by atoms with van der Waals surface area (Å²) in [6.07, 6.45) is 3.86. The molecule has 2 aromatic rings. The zero-order valence-corrected chi connectivity index (χ0v) is 14.6. The number of carbonyl (C=O) groups is 1. The summed E-state index contributed by atoms with van der Waals surface area (Å²) in [6.45, 7) is 1.95. The molecule has 3 nitrogen and oxygen atoms in total. The van der Waals surface area contributed by atoms with Gasteiger partial charge in [-0.2, -0.15) is 0 Å². The number of benzene rings is 2. The van der Waals surface area contributed by atoms with Gasteiger partial charge in [-0.3, -0.25) is 9.69 Å². The van der Waals surface area contributed by atoms with Gasteiger partial charge in [-0.15, -0.1) is 0 Å². The van der Waals surface area contributed by atoms with E-state index in [0.717, 1.165) is 11.1 Å². The van der Waals surface area contributed by atoms with Crippen molar-refractivity contribution in [2.24, 2.45) is 0 Å². The van der Waals surface area contributed by atoms with Crippen LogP contribution in [0.1, 0.15) is 12.5 Å². The van der Waals surface area contributed by atoms with E-state index >= 15 is 0 Å². The number of nitrogens with zero attached hydrogens (tertiary/aromatic N) is 1. The van der Waals surface area contributed by atoms with Crippen LogP contribution in [0, 0.1) is 0 Å². The van der Waals surface area contributed by atoms with Crippen molar-refractivity contribution < 1.29 is 9.90 Å². The third-order valence-corrected chi connectivity index (χ3v) is 4.74. The minimum Gasteiger partial charge on any atom is -0.508 e. The van der Waals surface area contributed by atoms with Crippen LogP contribution in [0.3, 0.4) is 0 Å². The maximum absolute atomic E-state index is 12.7. The van der Waals surface area contributed by atoms with E-state index in [1.54, 1.807) is 18.2 Å². The van der Waals surface area contributed by atoms with Crippen LogP contribution >= 0.6 is 24.0 Å². The summed E-state index contributed by atoms with van der Waals surface area (Å²) in [5.41, 5.74) is 2.62. The van der Waals surface area contributed by atoms with Gasteiger partial charge in [0.25, 0.3) is 5.91 Å². The van der Waals surface area contributed by atoms with E-state index in [0.29, 0.717) is 14.9 Å². The van der Waals surface area contributed by atoms with Crippen molar-refractivity contribution >= 4 is 46.0 Å². The summed E-state index contributed by atoms with van der Waals surface area (Å²) in [6, 6.07) is 16.5. The van der Waals surface area contributed by atoms with E-state index in [1.165, 1.54) is 22.7 Å². The zero-order chi connectivity index (χ0) is 17.1. The van der Waals surface area contributed by atoms with E-state index in [1.807, 2.05) is 49.4 Å². The summed E-state index contributed by atoms with van der Waals surface area (Å²) in [5.74, 6) is -0.0675. The lowest BCUT2D eigenvalue weighted by Gasteiger charge is -2.14. The Hall–Kier alpha value is -2.37. The molecule has 0 unspecified atom stereocenters. The average molecular weight is 353 g/mol. The van der Waals surface area contributed by atoms with Crippen LogP contribution in [0.2, 0.25) is 0 Å². The van der Waals surface area contributed by atoms with Gasteiger partial charge in [0, 0.05) is 6.07 Å². The standard InChI is InChI=1S/C19H15NO2S2/c1-13(10-14-6-3-2-4-7-14)11-17-18(22)20(19(23)24-17)15-8-5-9-16(21)12-15/h2-12,21H,1H3/b13-10-,17-11+. The highest BCUT2D eigenvalue weighted by Crippen LogP contribution is 2.36. The molecule has 0 radical (unpaired) electrons. The Morgan fingerprint density at radius 3 is 2.62 bits per heavy atom. The fourth-order valence-electron chi connectivity index (χ4n) is 2.38. The summed E-state index contributed by atoms with van der Waals surface area (Å²) in [7, 11) is 0. The largest absolute Gasteiger partial charge is 0.508 e. The first kappa shape index (κ1) is 16.5. The number of rotatable bonds is 3. The van der Waals surface area contributed by atoms with Gasteiger partial charge < -0.3 is 5.11 Å². The number of thioether (sulfide) groups is 1. The zero-order valence-electron chi connectivity index (χ0n) is 13.0. The molecule has 1 saturated heterocycles. The number of hydrogen-bond acceptors (Lipinski definition) is 4. The highest BCUT2D eigenvalue weighted by atomic mass is 32.2. The molecule has 24 heavy (non-hydrogen) atoms. The van der Waals surface area contributed by atoms with Gasteiger partial charge in [-0.1, -0.05) is 66.5 Å². The van der Waals surface area contributed by atoms with Crippen LogP contribution < -0.4 is 4.90 Å². The van der Waals surface area contributed by atoms with Crippen molar-refractivity contribution in [3.05, 3.63) is 76.7 Å². The molecule has 1 aliphatic heterocycles. The Balaban J connectivity index is 1.87. The van der Waals surface area contributed by atoms with Crippen molar-refractivity contribution in [2.45, 2.75) is 6.92 Å². The van der Waals surface area contributed by atoms with Crippen LogP contribution in [0.25, 0.3) is 6.08 Å². The third-order valence-electron chi connectivity index (χ3n) is 3.43. The molecule has 120 valence electrons. The number of carbonyl (C=O) groups excluding carboxylic acids is 1. The Kier molecular flexibility index (Phi) is 4.83.